The van der Waals surface area contributed by atoms with E-state index in [1.54, 1.807) is 11.0 Å². The predicted octanol–water partition coefficient (Wildman–Crippen LogP) is 4.12. The highest BCUT2D eigenvalue weighted by molar-refractivity contribution is 7.14. The van der Waals surface area contributed by atoms with Crippen LogP contribution < -0.4 is 10.9 Å². The number of nitrogens with one attached hydrogen (secondary N) is 1. The van der Waals surface area contributed by atoms with Crippen molar-refractivity contribution in [2.45, 2.75) is 108 Å². The summed E-state index contributed by atoms with van der Waals surface area (Å²) in [6.45, 7) is 8.03. The molecule has 234 valence electrons. The Bertz CT molecular complexity index is 1440. The third-order valence-electron chi connectivity index (χ3n) is 9.19. The number of ether oxygens (including phenoxy) is 2. The molecule has 1 aliphatic carbocycles. The lowest BCUT2D eigenvalue weighted by atomic mass is 9.82. The SMILES string of the molecule is CC(C)(C)OC(=O)N1CCC(OC2CC(N3CCC(c4ccc5sn(C6CCC(=O)NC6=O)c(=O)c5c4)C(F)C3)C2)CC1. The first-order valence-electron chi connectivity index (χ1n) is 15.5. The lowest BCUT2D eigenvalue weighted by molar-refractivity contribution is -0.135. The second-order valence-corrected chi connectivity index (χ2v) is 14.4. The van der Waals surface area contributed by atoms with Crippen LogP contribution in [0.5, 0.6) is 0 Å². The molecule has 0 spiro atoms. The summed E-state index contributed by atoms with van der Waals surface area (Å²) in [4.78, 5) is 53.4. The number of likely N-dealkylation sites (tertiary alicyclic amines) is 2. The average molecular weight is 617 g/mol. The monoisotopic (exact) mass is 616 g/mol. The van der Waals surface area contributed by atoms with Crippen molar-refractivity contribution in [3.05, 3.63) is 34.1 Å². The van der Waals surface area contributed by atoms with Gasteiger partial charge in [-0.3, -0.25) is 28.6 Å². The lowest BCUT2D eigenvalue weighted by Crippen LogP contribution is -2.54. The summed E-state index contributed by atoms with van der Waals surface area (Å²) >= 11 is 1.22. The van der Waals surface area contributed by atoms with E-state index >= 15 is 4.39 Å². The van der Waals surface area contributed by atoms with Crippen LogP contribution in [0.3, 0.4) is 0 Å². The molecule has 1 saturated carbocycles. The van der Waals surface area contributed by atoms with Crippen molar-refractivity contribution < 1.29 is 28.2 Å². The van der Waals surface area contributed by atoms with Crippen molar-refractivity contribution in [1.29, 1.82) is 0 Å². The molecule has 2 aromatic rings. The minimum Gasteiger partial charge on any atom is -0.444 e. The number of alkyl halides is 1. The fourth-order valence-corrected chi connectivity index (χ4v) is 7.85. The van der Waals surface area contributed by atoms with Crippen molar-refractivity contribution in [1.82, 2.24) is 19.1 Å². The Balaban J connectivity index is 0.988. The van der Waals surface area contributed by atoms with Crippen LogP contribution in [0, 0.1) is 0 Å². The van der Waals surface area contributed by atoms with Gasteiger partial charge in [0.2, 0.25) is 5.91 Å². The molecule has 0 bridgehead atoms. The number of piperidine rings is 3. The second-order valence-electron chi connectivity index (χ2n) is 13.4. The summed E-state index contributed by atoms with van der Waals surface area (Å²) in [5.74, 6) is -1.06. The van der Waals surface area contributed by atoms with Gasteiger partial charge in [-0.1, -0.05) is 17.6 Å². The Hall–Kier alpha value is -2.83. The Morgan fingerprint density at radius 1 is 1.02 bits per heavy atom. The number of amides is 3. The number of hydrogen-bond acceptors (Lipinski definition) is 8. The molecule has 3 aliphatic heterocycles. The molecule has 4 fully saturated rings. The maximum Gasteiger partial charge on any atom is 0.410 e. The largest absolute Gasteiger partial charge is 0.444 e. The number of hydrogen-bond donors (Lipinski definition) is 1. The number of fused-ring (bicyclic) bond motifs is 1. The minimum atomic E-state index is -1.04. The molecule has 1 aromatic heterocycles. The zero-order valence-electron chi connectivity index (χ0n) is 25.1. The van der Waals surface area contributed by atoms with Crippen molar-refractivity contribution in [3.8, 4) is 0 Å². The highest BCUT2D eigenvalue weighted by atomic mass is 32.1. The highest BCUT2D eigenvalue weighted by Gasteiger charge is 2.41. The molecule has 3 unspecified atom stereocenters. The molecular weight excluding hydrogens is 575 g/mol. The lowest BCUT2D eigenvalue weighted by Gasteiger charge is -2.47. The summed E-state index contributed by atoms with van der Waals surface area (Å²) in [6.07, 6.45) is 3.55. The molecule has 3 saturated heterocycles. The van der Waals surface area contributed by atoms with Gasteiger partial charge in [0.1, 0.15) is 17.8 Å². The number of aromatic nitrogens is 1. The van der Waals surface area contributed by atoms with Crippen LogP contribution in [0.4, 0.5) is 9.18 Å². The van der Waals surface area contributed by atoms with E-state index < -0.39 is 23.7 Å². The van der Waals surface area contributed by atoms with Crippen molar-refractivity contribution >= 4 is 39.5 Å². The fraction of sp³-hybridized carbons (Fsp3) is 0.677. The van der Waals surface area contributed by atoms with Crippen molar-refractivity contribution in [2.24, 2.45) is 0 Å². The summed E-state index contributed by atoms with van der Waals surface area (Å²) in [7, 11) is 0. The van der Waals surface area contributed by atoms with Crippen LogP contribution >= 0.6 is 11.5 Å². The van der Waals surface area contributed by atoms with Crippen molar-refractivity contribution in [3.63, 3.8) is 0 Å². The van der Waals surface area contributed by atoms with Crippen LogP contribution in [0.15, 0.2) is 23.0 Å². The number of imide groups is 1. The van der Waals surface area contributed by atoms with Gasteiger partial charge in [0.25, 0.3) is 11.5 Å². The summed E-state index contributed by atoms with van der Waals surface area (Å²) in [5.41, 5.74) is 0.0526. The van der Waals surface area contributed by atoms with Gasteiger partial charge >= 0.3 is 6.09 Å². The van der Waals surface area contributed by atoms with Gasteiger partial charge < -0.3 is 14.4 Å². The quantitative estimate of drug-likeness (QED) is 0.504. The Kier molecular flexibility index (Phi) is 8.38. The van der Waals surface area contributed by atoms with Gasteiger partial charge in [-0.25, -0.2) is 9.18 Å². The van der Waals surface area contributed by atoms with Gasteiger partial charge in [0.15, 0.2) is 0 Å². The predicted molar refractivity (Wildman–Crippen MR) is 160 cm³/mol. The van der Waals surface area contributed by atoms with Crippen LogP contribution in [-0.2, 0) is 19.1 Å². The zero-order chi connectivity index (χ0) is 30.5. The molecule has 4 heterocycles. The van der Waals surface area contributed by atoms with Crippen molar-refractivity contribution in [2.75, 3.05) is 26.2 Å². The topological polar surface area (TPSA) is 110 Å². The normalized spacial score (nSPS) is 29.4. The van der Waals surface area contributed by atoms with Gasteiger partial charge in [0.05, 0.1) is 22.3 Å². The molecule has 0 radical (unpaired) electrons. The minimum absolute atomic E-state index is 0.135. The number of carbonyl (C=O) groups excluding carboxylic acids is 3. The van der Waals surface area contributed by atoms with E-state index in [-0.39, 0.29) is 42.1 Å². The zero-order valence-corrected chi connectivity index (χ0v) is 25.9. The number of nitrogens with zero attached hydrogens (tertiary/aromatic N) is 3. The maximum atomic E-state index is 15.6. The Labute approximate surface area is 254 Å². The smallest absolute Gasteiger partial charge is 0.410 e. The van der Waals surface area contributed by atoms with Crippen LogP contribution in [0.1, 0.15) is 83.2 Å². The van der Waals surface area contributed by atoms with E-state index in [0.717, 1.165) is 42.5 Å². The van der Waals surface area contributed by atoms with E-state index in [0.29, 0.717) is 43.9 Å². The first-order chi connectivity index (χ1) is 20.4. The van der Waals surface area contributed by atoms with Gasteiger partial charge in [-0.05, 0) is 83.5 Å². The standard InChI is InChI=1S/C31H41FN4O6S/c1-31(2,3)42-30(40)34-11-8-20(9-12-34)41-21-15-19(16-21)35-13-10-22(24(32)17-35)18-4-6-26-23(14-18)29(39)36(43-26)25-5-7-27(37)33-28(25)38/h4,6,14,19-22,24-25H,5,7-13,15-17H2,1-3H3,(H,33,37,38). The molecule has 6 rings (SSSR count). The number of benzene rings is 1. The molecule has 43 heavy (non-hydrogen) atoms. The van der Waals surface area contributed by atoms with Crippen LogP contribution in [0.25, 0.3) is 10.1 Å². The number of carbonyl (C=O) groups is 3. The summed E-state index contributed by atoms with van der Waals surface area (Å²) in [5, 5.41) is 2.81. The van der Waals surface area contributed by atoms with E-state index in [9.17, 15) is 19.2 Å². The van der Waals surface area contributed by atoms with Gasteiger partial charge in [-0.2, -0.15) is 0 Å². The third-order valence-corrected chi connectivity index (χ3v) is 10.4. The average Bonchev–Trinajstić information content (AvgIpc) is 3.25. The Morgan fingerprint density at radius 3 is 2.44 bits per heavy atom. The van der Waals surface area contributed by atoms with Crippen LogP contribution in [0.2, 0.25) is 0 Å². The van der Waals surface area contributed by atoms with E-state index in [4.69, 9.17) is 9.47 Å². The van der Waals surface area contributed by atoms with E-state index in [2.05, 4.69) is 10.2 Å². The maximum absolute atomic E-state index is 15.6. The van der Waals surface area contributed by atoms with Crippen LogP contribution in [-0.4, -0.2) is 87.9 Å². The molecule has 3 atom stereocenters. The van der Waals surface area contributed by atoms with E-state index in [1.807, 2.05) is 32.9 Å². The fourth-order valence-electron chi connectivity index (χ4n) is 6.76. The molecule has 12 heteroatoms. The van der Waals surface area contributed by atoms with E-state index in [1.165, 1.54) is 15.5 Å². The molecule has 1 aromatic carbocycles. The molecule has 3 amide bonds. The summed E-state index contributed by atoms with van der Waals surface area (Å²) < 4.78 is 29.6. The molecule has 4 aliphatic rings. The Morgan fingerprint density at radius 2 is 1.77 bits per heavy atom. The molecular formula is C31H41FN4O6S. The van der Waals surface area contributed by atoms with Gasteiger partial charge in [-0.15, -0.1) is 0 Å². The first-order valence-corrected chi connectivity index (χ1v) is 16.2. The number of rotatable bonds is 5. The number of halogens is 1. The molecule has 10 nitrogen and oxygen atoms in total. The third kappa shape index (κ3) is 6.51. The summed E-state index contributed by atoms with van der Waals surface area (Å²) in [6, 6.07) is 5.17. The molecule has 1 N–H and O–H groups in total. The first kappa shape index (κ1) is 30.2. The second kappa shape index (κ2) is 11.9. The van der Waals surface area contributed by atoms with Gasteiger partial charge in [0, 0.05) is 38.0 Å². The highest BCUT2D eigenvalue weighted by Crippen LogP contribution is 2.38.